The van der Waals surface area contributed by atoms with Crippen molar-refractivity contribution in [3.63, 3.8) is 0 Å². The van der Waals surface area contributed by atoms with Gasteiger partial charge in [-0.25, -0.2) is 4.98 Å². The van der Waals surface area contributed by atoms with E-state index in [9.17, 15) is 9.18 Å². The van der Waals surface area contributed by atoms with Crippen molar-refractivity contribution in [1.29, 1.82) is 5.26 Å². The van der Waals surface area contributed by atoms with Gasteiger partial charge >= 0.3 is 0 Å². The average molecular weight is 255 g/mol. The highest BCUT2D eigenvalue weighted by atomic mass is 19.1. The van der Waals surface area contributed by atoms with E-state index in [1.807, 2.05) is 6.07 Å². The summed E-state index contributed by atoms with van der Waals surface area (Å²) in [6.07, 6.45) is 1.18. The van der Waals surface area contributed by atoms with E-state index >= 15 is 0 Å². The van der Waals surface area contributed by atoms with Gasteiger partial charge in [0.25, 0.3) is 5.91 Å². The number of carbonyl (C=O) groups is 1. The molecule has 0 saturated carbocycles. The Hall–Kier alpha value is -2.74. The number of amides is 1. The lowest BCUT2D eigenvalue weighted by Crippen LogP contribution is -2.22. The minimum atomic E-state index is -0.622. The second kappa shape index (κ2) is 5.74. The van der Waals surface area contributed by atoms with Gasteiger partial charge in [-0.3, -0.25) is 4.79 Å². The first-order chi connectivity index (χ1) is 9.19. The molecule has 4 nitrogen and oxygen atoms in total. The number of nitrogens with zero attached hydrogens (tertiary/aromatic N) is 2. The fourth-order valence-corrected chi connectivity index (χ4v) is 1.49. The van der Waals surface area contributed by atoms with E-state index < -0.39 is 5.95 Å². The molecule has 1 amide bonds. The van der Waals surface area contributed by atoms with Crippen LogP contribution in [0.25, 0.3) is 0 Å². The van der Waals surface area contributed by atoms with Gasteiger partial charge in [0.1, 0.15) is 0 Å². The molecule has 1 N–H and O–H groups in total. The van der Waals surface area contributed by atoms with Crippen LogP contribution in [0.2, 0.25) is 0 Å². The molecule has 94 valence electrons. The predicted molar refractivity (Wildman–Crippen MR) is 66.5 cm³/mol. The standard InChI is InChI=1S/C14H10FN3O/c15-13-6-5-12(9-17-13)14(19)18-8-11-3-1-10(7-16)2-4-11/h1-6,9H,8H2,(H,18,19). The largest absolute Gasteiger partial charge is 0.348 e. The lowest BCUT2D eigenvalue weighted by Gasteiger charge is -2.05. The van der Waals surface area contributed by atoms with E-state index in [0.29, 0.717) is 17.7 Å². The minimum absolute atomic E-state index is 0.301. The van der Waals surface area contributed by atoms with Crippen molar-refractivity contribution in [2.75, 3.05) is 0 Å². The van der Waals surface area contributed by atoms with Crippen LogP contribution in [-0.2, 0) is 6.54 Å². The number of rotatable bonds is 3. The monoisotopic (exact) mass is 255 g/mol. The summed E-state index contributed by atoms with van der Waals surface area (Å²) >= 11 is 0. The maximum Gasteiger partial charge on any atom is 0.253 e. The summed E-state index contributed by atoms with van der Waals surface area (Å²) < 4.78 is 12.6. The Morgan fingerprint density at radius 3 is 2.58 bits per heavy atom. The molecule has 0 aliphatic heterocycles. The minimum Gasteiger partial charge on any atom is -0.348 e. The molecule has 0 atom stereocenters. The summed E-state index contributed by atoms with van der Waals surface area (Å²) in [5.74, 6) is -0.944. The molecule has 2 rings (SSSR count). The van der Waals surface area contributed by atoms with Crippen LogP contribution in [-0.4, -0.2) is 10.9 Å². The Balaban J connectivity index is 1.96. The van der Waals surface area contributed by atoms with Crippen LogP contribution in [0.15, 0.2) is 42.6 Å². The highest BCUT2D eigenvalue weighted by Crippen LogP contribution is 2.04. The fraction of sp³-hybridized carbons (Fsp3) is 0.0714. The number of nitrogens with one attached hydrogen (secondary N) is 1. The van der Waals surface area contributed by atoms with Gasteiger partial charge in [0.15, 0.2) is 0 Å². The lowest BCUT2D eigenvalue weighted by molar-refractivity contribution is 0.0950. The van der Waals surface area contributed by atoms with Crippen LogP contribution in [0.5, 0.6) is 0 Å². The molecule has 5 heteroatoms. The van der Waals surface area contributed by atoms with E-state index in [0.717, 1.165) is 11.6 Å². The smallest absolute Gasteiger partial charge is 0.253 e. The average Bonchev–Trinajstić information content (AvgIpc) is 2.46. The van der Waals surface area contributed by atoms with Gasteiger partial charge in [0.2, 0.25) is 5.95 Å². The molecule has 0 radical (unpaired) electrons. The van der Waals surface area contributed by atoms with E-state index in [-0.39, 0.29) is 5.91 Å². The number of carbonyl (C=O) groups excluding carboxylic acids is 1. The lowest BCUT2D eigenvalue weighted by atomic mass is 10.1. The van der Waals surface area contributed by atoms with Crippen molar-refractivity contribution in [3.8, 4) is 6.07 Å². The van der Waals surface area contributed by atoms with Crippen molar-refractivity contribution >= 4 is 5.91 Å². The van der Waals surface area contributed by atoms with Crippen molar-refractivity contribution in [2.45, 2.75) is 6.54 Å². The fourth-order valence-electron chi connectivity index (χ4n) is 1.49. The number of nitriles is 1. The maximum absolute atomic E-state index is 12.6. The Bertz CT molecular complexity index is 615. The zero-order chi connectivity index (χ0) is 13.7. The molecule has 0 aliphatic rings. The van der Waals surface area contributed by atoms with Crippen LogP contribution in [0.4, 0.5) is 4.39 Å². The van der Waals surface area contributed by atoms with Crippen molar-refractivity contribution < 1.29 is 9.18 Å². The zero-order valence-electron chi connectivity index (χ0n) is 9.93. The highest BCUT2D eigenvalue weighted by molar-refractivity contribution is 5.93. The van der Waals surface area contributed by atoms with Gasteiger partial charge in [-0.1, -0.05) is 12.1 Å². The van der Waals surface area contributed by atoms with Gasteiger partial charge in [-0.2, -0.15) is 9.65 Å². The van der Waals surface area contributed by atoms with E-state index in [1.165, 1.54) is 12.3 Å². The highest BCUT2D eigenvalue weighted by Gasteiger charge is 2.05. The van der Waals surface area contributed by atoms with Crippen LogP contribution in [0, 0.1) is 17.3 Å². The number of benzene rings is 1. The molecule has 0 saturated heterocycles. The zero-order valence-corrected chi connectivity index (χ0v) is 9.93. The number of pyridine rings is 1. The van der Waals surface area contributed by atoms with Gasteiger partial charge in [0, 0.05) is 12.7 Å². The SMILES string of the molecule is N#Cc1ccc(CNC(=O)c2ccc(F)nc2)cc1. The first-order valence-electron chi connectivity index (χ1n) is 5.58. The molecule has 0 spiro atoms. The van der Waals surface area contributed by atoms with E-state index in [1.54, 1.807) is 24.3 Å². The van der Waals surface area contributed by atoms with E-state index in [4.69, 9.17) is 5.26 Å². The third kappa shape index (κ3) is 3.36. The molecule has 0 fully saturated rings. The quantitative estimate of drug-likeness (QED) is 0.853. The summed E-state index contributed by atoms with van der Waals surface area (Å²) in [6, 6.07) is 11.4. The number of hydrogen-bond acceptors (Lipinski definition) is 3. The Kier molecular flexibility index (Phi) is 3.84. The number of aromatic nitrogens is 1. The molecule has 2 aromatic rings. The Morgan fingerprint density at radius 1 is 1.26 bits per heavy atom. The molecular weight excluding hydrogens is 245 g/mol. The van der Waals surface area contributed by atoms with Gasteiger partial charge < -0.3 is 5.32 Å². The third-order valence-electron chi connectivity index (χ3n) is 2.53. The molecule has 0 unspecified atom stereocenters. The molecule has 1 aromatic carbocycles. The van der Waals surface area contributed by atoms with Crippen molar-refractivity contribution in [2.24, 2.45) is 0 Å². The maximum atomic E-state index is 12.6. The summed E-state index contributed by atoms with van der Waals surface area (Å²) in [6.45, 7) is 0.335. The molecular formula is C14H10FN3O. The van der Waals surface area contributed by atoms with Crippen LogP contribution >= 0.6 is 0 Å². The van der Waals surface area contributed by atoms with Crippen molar-refractivity contribution in [1.82, 2.24) is 10.3 Å². The second-order valence-electron chi connectivity index (χ2n) is 3.86. The first kappa shape index (κ1) is 12.7. The Morgan fingerprint density at radius 2 is 2.00 bits per heavy atom. The van der Waals surface area contributed by atoms with Crippen molar-refractivity contribution in [3.05, 3.63) is 65.2 Å². The van der Waals surface area contributed by atoms with Crippen LogP contribution < -0.4 is 5.32 Å². The normalized spacial score (nSPS) is 9.68. The molecule has 0 aliphatic carbocycles. The summed E-state index contributed by atoms with van der Waals surface area (Å²) in [4.78, 5) is 15.1. The summed E-state index contributed by atoms with van der Waals surface area (Å²) in [5, 5.41) is 11.3. The predicted octanol–water partition coefficient (Wildman–Crippen LogP) is 2.02. The van der Waals surface area contributed by atoms with Gasteiger partial charge in [-0.05, 0) is 29.8 Å². The van der Waals surface area contributed by atoms with Crippen LogP contribution in [0.1, 0.15) is 21.5 Å². The third-order valence-corrected chi connectivity index (χ3v) is 2.53. The number of hydrogen-bond donors (Lipinski definition) is 1. The molecule has 0 bridgehead atoms. The topological polar surface area (TPSA) is 65.8 Å². The molecule has 1 heterocycles. The summed E-state index contributed by atoms with van der Waals surface area (Å²) in [5.41, 5.74) is 1.75. The second-order valence-corrected chi connectivity index (χ2v) is 3.86. The van der Waals surface area contributed by atoms with E-state index in [2.05, 4.69) is 10.3 Å². The Labute approximate surface area is 109 Å². The van der Waals surface area contributed by atoms with Gasteiger partial charge in [-0.15, -0.1) is 0 Å². The summed E-state index contributed by atoms with van der Waals surface area (Å²) in [7, 11) is 0. The van der Waals surface area contributed by atoms with Gasteiger partial charge in [0.05, 0.1) is 17.2 Å². The first-order valence-corrected chi connectivity index (χ1v) is 5.58. The molecule has 1 aromatic heterocycles. The van der Waals surface area contributed by atoms with Crippen LogP contribution in [0.3, 0.4) is 0 Å². The molecule has 19 heavy (non-hydrogen) atoms. The number of halogens is 1.